The van der Waals surface area contributed by atoms with Crippen LogP contribution >= 0.6 is 0 Å². The van der Waals surface area contributed by atoms with Crippen molar-refractivity contribution >= 4 is 27.3 Å². The summed E-state index contributed by atoms with van der Waals surface area (Å²) in [5, 5.41) is 0. The molecule has 6 heteroatoms. The summed E-state index contributed by atoms with van der Waals surface area (Å²) in [6.45, 7) is 0. The third-order valence-corrected chi connectivity index (χ3v) is 4.18. The number of nitrogen functional groups attached to an aromatic ring is 1. The molecule has 1 amide bonds. The van der Waals surface area contributed by atoms with E-state index in [0.29, 0.717) is 17.8 Å². The molecule has 0 bridgehead atoms. The van der Waals surface area contributed by atoms with Crippen molar-refractivity contribution in [3.8, 4) is 0 Å². The fraction of sp³-hybridized carbons (Fsp3) is 0.300. The number of hydrogen-bond donors (Lipinski definition) is 1. The number of amides is 1. The Morgan fingerprint density at radius 2 is 2.06 bits per heavy atom. The third-order valence-electron chi connectivity index (χ3n) is 2.40. The summed E-state index contributed by atoms with van der Waals surface area (Å²) in [7, 11) is -3.51. The van der Waals surface area contributed by atoms with Crippen LogP contribution in [0.25, 0.3) is 0 Å². The van der Waals surface area contributed by atoms with Crippen LogP contribution in [0.5, 0.6) is 0 Å². The van der Waals surface area contributed by atoms with Gasteiger partial charge in [0, 0.05) is 12.1 Å². The molecule has 0 unspecified atom stereocenters. The van der Waals surface area contributed by atoms with E-state index in [1.165, 1.54) is 6.07 Å². The van der Waals surface area contributed by atoms with Gasteiger partial charge in [-0.1, -0.05) is 6.07 Å². The number of rotatable bonds is 1. The predicted molar refractivity (Wildman–Crippen MR) is 61.4 cm³/mol. The molecule has 1 aromatic rings. The van der Waals surface area contributed by atoms with Crippen molar-refractivity contribution in [2.24, 2.45) is 0 Å². The molecule has 86 valence electrons. The minimum Gasteiger partial charge on any atom is -0.399 e. The molecular weight excluding hydrogens is 228 g/mol. The standard InChI is InChI=1S/C10H12N2O3S/c11-8-3-1-4-9(7-8)12-10(13)5-2-6-16(12,14)15/h1,3-4,7H,2,5-6,11H2. The first-order chi connectivity index (χ1) is 7.50. The second-order valence-corrected chi connectivity index (χ2v) is 5.61. The first-order valence-electron chi connectivity index (χ1n) is 4.92. The van der Waals surface area contributed by atoms with Gasteiger partial charge in [0.05, 0.1) is 11.4 Å². The molecule has 0 saturated carbocycles. The second-order valence-electron chi connectivity index (χ2n) is 3.67. The Morgan fingerprint density at radius 1 is 1.31 bits per heavy atom. The van der Waals surface area contributed by atoms with Gasteiger partial charge in [0.25, 0.3) is 0 Å². The van der Waals surface area contributed by atoms with E-state index in [4.69, 9.17) is 5.73 Å². The molecule has 1 aromatic carbocycles. The molecule has 0 atom stereocenters. The summed E-state index contributed by atoms with van der Waals surface area (Å²) in [5.74, 6) is -0.384. The fourth-order valence-corrected chi connectivity index (χ4v) is 3.24. The number of carbonyl (C=O) groups excluding carboxylic acids is 1. The lowest BCUT2D eigenvalue weighted by atomic mass is 10.2. The monoisotopic (exact) mass is 240 g/mol. The van der Waals surface area contributed by atoms with Gasteiger partial charge < -0.3 is 5.73 Å². The molecule has 5 nitrogen and oxygen atoms in total. The molecule has 1 aliphatic heterocycles. The SMILES string of the molecule is Nc1cccc(N2C(=O)CCCS2(=O)=O)c1. The predicted octanol–water partition coefficient (Wildman–Crippen LogP) is 0.725. The zero-order chi connectivity index (χ0) is 11.8. The highest BCUT2D eigenvalue weighted by Crippen LogP contribution is 2.25. The van der Waals surface area contributed by atoms with Gasteiger partial charge in [-0.2, -0.15) is 0 Å². The molecule has 0 spiro atoms. The van der Waals surface area contributed by atoms with E-state index >= 15 is 0 Å². The molecule has 0 aromatic heterocycles. The number of sulfonamides is 1. The third kappa shape index (κ3) is 1.88. The summed E-state index contributed by atoms with van der Waals surface area (Å²) in [6, 6.07) is 6.32. The molecule has 1 fully saturated rings. The molecule has 16 heavy (non-hydrogen) atoms. The van der Waals surface area contributed by atoms with Gasteiger partial charge in [0.2, 0.25) is 15.9 Å². The molecule has 0 radical (unpaired) electrons. The minimum absolute atomic E-state index is 0.00748. The molecule has 2 rings (SSSR count). The van der Waals surface area contributed by atoms with Crippen molar-refractivity contribution in [3.63, 3.8) is 0 Å². The van der Waals surface area contributed by atoms with Crippen molar-refractivity contribution in [2.45, 2.75) is 12.8 Å². The first-order valence-corrected chi connectivity index (χ1v) is 6.53. The summed E-state index contributed by atoms with van der Waals surface area (Å²) < 4.78 is 24.4. The van der Waals surface area contributed by atoms with Gasteiger partial charge >= 0.3 is 0 Å². The zero-order valence-corrected chi connectivity index (χ0v) is 9.40. The highest BCUT2D eigenvalue weighted by atomic mass is 32.2. The van der Waals surface area contributed by atoms with Crippen LogP contribution in [0.4, 0.5) is 11.4 Å². The maximum atomic E-state index is 11.8. The lowest BCUT2D eigenvalue weighted by Gasteiger charge is -2.26. The molecule has 2 N–H and O–H groups in total. The van der Waals surface area contributed by atoms with Gasteiger partial charge in [0.15, 0.2) is 0 Å². The first kappa shape index (κ1) is 10.9. The van der Waals surface area contributed by atoms with E-state index in [-0.39, 0.29) is 12.2 Å². The Morgan fingerprint density at radius 3 is 2.69 bits per heavy atom. The normalized spacial score (nSPS) is 19.8. The summed E-state index contributed by atoms with van der Waals surface area (Å²) in [5.41, 5.74) is 6.33. The smallest absolute Gasteiger partial charge is 0.241 e. The maximum absolute atomic E-state index is 11.8. The Balaban J connectivity index is 2.48. The van der Waals surface area contributed by atoms with E-state index in [2.05, 4.69) is 0 Å². The summed E-state index contributed by atoms with van der Waals surface area (Å²) in [6.07, 6.45) is 0.647. The van der Waals surface area contributed by atoms with Gasteiger partial charge in [-0.25, -0.2) is 12.7 Å². The van der Waals surface area contributed by atoms with Crippen LogP contribution in [0.2, 0.25) is 0 Å². The summed E-state index contributed by atoms with van der Waals surface area (Å²) in [4.78, 5) is 11.6. The van der Waals surface area contributed by atoms with E-state index in [1.54, 1.807) is 18.2 Å². The zero-order valence-electron chi connectivity index (χ0n) is 8.59. The largest absolute Gasteiger partial charge is 0.399 e. The Kier molecular flexibility index (Phi) is 2.59. The van der Waals surface area contributed by atoms with E-state index in [1.807, 2.05) is 0 Å². The highest BCUT2D eigenvalue weighted by molar-refractivity contribution is 7.93. The van der Waals surface area contributed by atoms with Crippen molar-refractivity contribution in [3.05, 3.63) is 24.3 Å². The van der Waals surface area contributed by atoms with Crippen LogP contribution in [0.15, 0.2) is 24.3 Å². The average Bonchev–Trinajstić information content (AvgIpc) is 2.15. The van der Waals surface area contributed by atoms with Crippen LogP contribution in [0, 0.1) is 0 Å². The van der Waals surface area contributed by atoms with Gasteiger partial charge in [-0.3, -0.25) is 4.79 Å². The van der Waals surface area contributed by atoms with E-state index < -0.39 is 15.9 Å². The van der Waals surface area contributed by atoms with Gasteiger partial charge in [-0.05, 0) is 24.6 Å². The quantitative estimate of drug-likeness (QED) is 0.734. The molecule has 1 aliphatic rings. The summed E-state index contributed by atoms with van der Waals surface area (Å²) >= 11 is 0. The Bertz CT molecular complexity index is 525. The molecule has 1 saturated heterocycles. The lowest BCUT2D eigenvalue weighted by Crippen LogP contribution is -2.42. The number of hydrogen-bond acceptors (Lipinski definition) is 4. The fourth-order valence-electron chi connectivity index (χ4n) is 1.71. The van der Waals surface area contributed by atoms with Crippen molar-refractivity contribution in [2.75, 3.05) is 15.8 Å². The van der Waals surface area contributed by atoms with Crippen molar-refractivity contribution < 1.29 is 13.2 Å². The molecule has 0 aliphatic carbocycles. The second kappa shape index (κ2) is 3.79. The number of carbonyl (C=O) groups is 1. The van der Waals surface area contributed by atoms with Crippen molar-refractivity contribution in [1.29, 1.82) is 0 Å². The molecule has 1 heterocycles. The van der Waals surface area contributed by atoms with Crippen LogP contribution in [-0.4, -0.2) is 20.1 Å². The average molecular weight is 240 g/mol. The van der Waals surface area contributed by atoms with Crippen LogP contribution in [0.1, 0.15) is 12.8 Å². The minimum atomic E-state index is -3.51. The number of benzene rings is 1. The van der Waals surface area contributed by atoms with E-state index in [0.717, 1.165) is 4.31 Å². The Labute approximate surface area is 93.9 Å². The van der Waals surface area contributed by atoms with Crippen LogP contribution < -0.4 is 10.0 Å². The topological polar surface area (TPSA) is 80.5 Å². The highest BCUT2D eigenvalue weighted by Gasteiger charge is 2.32. The van der Waals surface area contributed by atoms with Crippen LogP contribution in [0.3, 0.4) is 0 Å². The van der Waals surface area contributed by atoms with Crippen molar-refractivity contribution in [1.82, 2.24) is 0 Å². The lowest BCUT2D eigenvalue weighted by molar-refractivity contribution is -0.117. The van der Waals surface area contributed by atoms with E-state index in [9.17, 15) is 13.2 Å². The maximum Gasteiger partial charge on any atom is 0.241 e. The van der Waals surface area contributed by atoms with Gasteiger partial charge in [-0.15, -0.1) is 0 Å². The number of nitrogens with two attached hydrogens (primary N) is 1. The van der Waals surface area contributed by atoms with Gasteiger partial charge in [0.1, 0.15) is 0 Å². The number of nitrogens with zero attached hydrogens (tertiary/aromatic N) is 1. The Hall–Kier alpha value is -1.56. The van der Waals surface area contributed by atoms with Crippen LogP contribution in [-0.2, 0) is 14.8 Å². The molecular formula is C10H12N2O3S. The number of anilines is 2.